The van der Waals surface area contributed by atoms with E-state index in [0.717, 1.165) is 0 Å². The minimum atomic E-state index is 0.254. The van der Waals surface area contributed by atoms with Gasteiger partial charge in [0.1, 0.15) is 0 Å². The average molecular weight is 185 g/mol. The van der Waals surface area contributed by atoms with Gasteiger partial charge in [0.25, 0.3) is 0 Å². The maximum absolute atomic E-state index is 11.3. The van der Waals surface area contributed by atoms with Crippen LogP contribution in [0.5, 0.6) is 0 Å². The smallest absolute Gasteiger partial charge is 0.222 e. The quantitative estimate of drug-likeness (QED) is 0.583. The fourth-order valence-corrected chi connectivity index (χ4v) is 1.33. The van der Waals surface area contributed by atoms with E-state index in [9.17, 15) is 4.79 Å². The zero-order chi connectivity index (χ0) is 10.3. The molecule has 0 aliphatic heterocycles. The summed E-state index contributed by atoms with van der Waals surface area (Å²) in [5.74, 6) is 0.797. The Morgan fingerprint density at radius 3 is 2.38 bits per heavy atom. The Labute approximate surface area is 82.3 Å². The first kappa shape index (κ1) is 12.5. The lowest BCUT2D eigenvalue weighted by Crippen LogP contribution is -2.23. The fourth-order valence-electron chi connectivity index (χ4n) is 1.33. The van der Waals surface area contributed by atoms with Crippen LogP contribution in [0.3, 0.4) is 0 Å². The van der Waals surface area contributed by atoms with E-state index in [1.165, 1.54) is 25.7 Å². The van der Waals surface area contributed by atoms with E-state index in [2.05, 4.69) is 13.8 Å². The van der Waals surface area contributed by atoms with Crippen LogP contribution in [0.25, 0.3) is 0 Å². The molecule has 1 atom stereocenters. The predicted molar refractivity (Wildman–Crippen MR) is 56.6 cm³/mol. The zero-order valence-electron chi connectivity index (χ0n) is 9.47. The molecule has 0 saturated carbocycles. The number of nitrogens with zero attached hydrogens (tertiary/aromatic N) is 1. The molecule has 2 heteroatoms. The van der Waals surface area contributed by atoms with Crippen molar-refractivity contribution in [1.82, 2.24) is 4.90 Å². The van der Waals surface area contributed by atoms with E-state index in [1.54, 1.807) is 4.90 Å². The summed E-state index contributed by atoms with van der Waals surface area (Å²) in [5.41, 5.74) is 0. The van der Waals surface area contributed by atoms with Gasteiger partial charge in [-0.3, -0.25) is 4.79 Å². The number of carbonyl (C=O) groups excluding carboxylic acids is 1. The molecule has 0 aromatic rings. The molecule has 0 aliphatic carbocycles. The molecule has 0 heterocycles. The second kappa shape index (κ2) is 6.93. The van der Waals surface area contributed by atoms with Gasteiger partial charge in [-0.2, -0.15) is 0 Å². The Hall–Kier alpha value is -0.530. The third-order valence-electron chi connectivity index (χ3n) is 2.32. The number of amides is 1. The maximum Gasteiger partial charge on any atom is 0.222 e. The molecule has 13 heavy (non-hydrogen) atoms. The van der Waals surface area contributed by atoms with Gasteiger partial charge in [-0.15, -0.1) is 0 Å². The van der Waals surface area contributed by atoms with E-state index in [1.807, 2.05) is 14.1 Å². The summed E-state index contributed by atoms with van der Waals surface area (Å²) in [5, 5.41) is 0. The Kier molecular flexibility index (Phi) is 6.65. The van der Waals surface area contributed by atoms with Gasteiger partial charge in [0, 0.05) is 20.5 Å². The van der Waals surface area contributed by atoms with Crippen LogP contribution < -0.4 is 0 Å². The summed E-state index contributed by atoms with van der Waals surface area (Å²) >= 11 is 0. The lowest BCUT2D eigenvalue weighted by atomic mass is 9.99. The van der Waals surface area contributed by atoms with Crippen LogP contribution in [0.4, 0.5) is 0 Å². The number of carbonyl (C=O) groups is 1. The highest BCUT2D eigenvalue weighted by Crippen LogP contribution is 2.13. The SMILES string of the molecule is CCCCC[C@@H](C)CC(=O)N(C)C. The highest BCUT2D eigenvalue weighted by atomic mass is 16.2. The van der Waals surface area contributed by atoms with Gasteiger partial charge >= 0.3 is 0 Å². The molecule has 78 valence electrons. The first-order valence-electron chi connectivity index (χ1n) is 5.28. The van der Waals surface area contributed by atoms with Gasteiger partial charge in [-0.25, -0.2) is 0 Å². The monoisotopic (exact) mass is 185 g/mol. The zero-order valence-corrected chi connectivity index (χ0v) is 9.47. The lowest BCUT2D eigenvalue weighted by Gasteiger charge is -2.14. The van der Waals surface area contributed by atoms with E-state index < -0.39 is 0 Å². The molecule has 0 aromatic heterocycles. The first-order chi connectivity index (χ1) is 6.07. The first-order valence-corrected chi connectivity index (χ1v) is 5.28. The summed E-state index contributed by atoms with van der Waals surface area (Å²) < 4.78 is 0. The van der Waals surface area contributed by atoms with Crippen LogP contribution in [0.2, 0.25) is 0 Å². The average Bonchev–Trinajstić information content (AvgIpc) is 2.04. The van der Waals surface area contributed by atoms with Crippen molar-refractivity contribution in [2.45, 2.75) is 46.0 Å². The number of rotatable bonds is 6. The van der Waals surface area contributed by atoms with Crippen LogP contribution in [-0.2, 0) is 4.79 Å². The molecule has 1 amide bonds. The number of hydrogen-bond donors (Lipinski definition) is 0. The molecule has 0 radical (unpaired) electrons. The summed E-state index contributed by atoms with van der Waals surface area (Å²) in [6.07, 6.45) is 5.71. The van der Waals surface area contributed by atoms with E-state index in [0.29, 0.717) is 12.3 Å². The highest BCUT2D eigenvalue weighted by Gasteiger charge is 2.09. The summed E-state index contributed by atoms with van der Waals surface area (Å²) in [7, 11) is 3.64. The Morgan fingerprint density at radius 2 is 1.92 bits per heavy atom. The minimum absolute atomic E-state index is 0.254. The molecule has 0 saturated heterocycles. The van der Waals surface area contributed by atoms with Crippen LogP contribution in [-0.4, -0.2) is 24.9 Å². The van der Waals surface area contributed by atoms with Crippen molar-refractivity contribution in [3.05, 3.63) is 0 Å². The Bertz CT molecular complexity index is 143. The van der Waals surface area contributed by atoms with Crippen molar-refractivity contribution in [2.24, 2.45) is 5.92 Å². The third kappa shape index (κ3) is 6.62. The topological polar surface area (TPSA) is 20.3 Å². The molecular formula is C11H23NO. The van der Waals surface area contributed by atoms with Gasteiger partial charge in [-0.05, 0) is 5.92 Å². The molecule has 0 spiro atoms. The van der Waals surface area contributed by atoms with Gasteiger partial charge < -0.3 is 4.90 Å². The normalized spacial score (nSPS) is 12.6. The maximum atomic E-state index is 11.3. The van der Waals surface area contributed by atoms with Crippen molar-refractivity contribution >= 4 is 5.91 Å². The second-order valence-electron chi connectivity index (χ2n) is 4.09. The van der Waals surface area contributed by atoms with E-state index >= 15 is 0 Å². The van der Waals surface area contributed by atoms with Crippen molar-refractivity contribution in [3.8, 4) is 0 Å². The largest absolute Gasteiger partial charge is 0.349 e. The van der Waals surface area contributed by atoms with Crippen molar-refractivity contribution < 1.29 is 4.79 Å². The second-order valence-corrected chi connectivity index (χ2v) is 4.09. The van der Waals surface area contributed by atoms with Gasteiger partial charge in [0.05, 0.1) is 0 Å². The Morgan fingerprint density at radius 1 is 1.31 bits per heavy atom. The predicted octanol–water partition coefficient (Wildman–Crippen LogP) is 2.68. The van der Waals surface area contributed by atoms with E-state index in [4.69, 9.17) is 0 Å². The molecule has 0 unspecified atom stereocenters. The number of unbranched alkanes of at least 4 members (excludes halogenated alkanes) is 2. The van der Waals surface area contributed by atoms with Crippen LogP contribution in [0, 0.1) is 5.92 Å². The molecule has 0 bridgehead atoms. The molecule has 2 nitrogen and oxygen atoms in total. The summed E-state index contributed by atoms with van der Waals surface area (Å²) in [4.78, 5) is 13.0. The van der Waals surface area contributed by atoms with Crippen molar-refractivity contribution in [3.63, 3.8) is 0 Å². The fraction of sp³-hybridized carbons (Fsp3) is 0.909. The third-order valence-corrected chi connectivity index (χ3v) is 2.32. The van der Waals surface area contributed by atoms with Crippen LogP contribution >= 0.6 is 0 Å². The minimum Gasteiger partial charge on any atom is -0.349 e. The van der Waals surface area contributed by atoms with Gasteiger partial charge in [0.15, 0.2) is 0 Å². The van der Waals surface area contributed by atoms with Gasteiger partial charge in [0.2, 0.25) is 5.91 Å². The van der Waals surface area contributed by atoms with E-state index in [-0.39, 0.29) is 5.91 Å². The molecule has 0 fully saturated rings. The van der Waals surface area contributed by atoms with Crippen molar-refractivity contribution in [1.29, 1.82) is 0 Å². The van der Waals surface area contributed by atoms with Crippen LogP contribution in [0.15, 0.2) is 0 Å². The highest BCUT2D eigenvalue weighted by molar-refractivity contribution is 5.75. The Balaban J connectivity index is 3.50. The summed E-state index contributed by atoms with van der Waals surface area (Å²) in [6, 6.07) is 0. The molecule has 0 aliphatic rings. The van der Waals surface area contributed by atoms with Crippen LogP contribution in [0.1, 0.15) is 46.0 Å². The molecule has 0 rings (SSSR count). The molecule has 0 aromatic carbocycles. The molecule has 0 N–H and O–H groups in total. The van der Waals surface area contributed by atoms with Crippen molar-refractivity contribution in [2.75, 3.05) is 14.1 Å². The summed E-state index contributed by atoms with van der Waals surface area (Å²) in [6.45, 7) is 4.37. The standard InChI is InChI=1S/C11H23NO/c1-5-6-7-8-10(2)9-11(13)12(3)4/h10H,5-9H2,1-4H3/t10-/m1/s1. The lowest BCUT2D eigenvalue weighted by molar-refractivity contribution is -0.129. The molecular weight excluding hydrogens is 162 g/mol. The number of hydrogen-bond acceptors (Lipinski definition) is 1. The van der Waals surface area contributed by atoms with Gasteiger partial charge in [-0.1, -0.05) is 39.5 Å².